The average molecular weight is 395 g/mol. The molecule has 2 N–H and O–H groups in total. The van der Waals surface area contributed by atoms with E-state index in [1.165, 1.54) is 36.4 Å². The minimum Gasteiger partial charge on any atom is -0.484 e. The van der Waals surface area contributed by atoms with Gasteiger partial charge in [-0.1, -0.05) is 22.0 Å². The van der Waals surface area contributed by atoms with E-state index in [1.807, 2.05) is 0 Å². The number of carboxylic acid groups (broad SMARTS) is 1. The second kappa shape index (κ2) is 7.55. The summed E-state index contributed by atoms with van der Waals surface area (Å²) in [6.07, 6.45) is 0. The lowest BCUT2D eigenvalue weighted by Gasteiger charge is -2.10. The summed E-state index contributed by atoms with van der Waals surface area (Å²) in [5, 5.41) is 22.2. The maximum atomic E-state index is 11.9. The number of carboxylic acids is 1. The summed E-state index contributed by atoms with van der Waals surface area (Å²) in [6.45, 7) is -0.420. The third kappa shape index (κ3) is 4.53. The van der Waals surface area contributed by atoms with Crippen molar-refractivity contribution >= 4 is 39.2 Å². The van der Waals surface area contributed by atoms with Crippen LogP contribution in [0.3, 0.4) is 0 Å². The lowest BCUT2D eigenvalue weighted by molar-refractivity contribution is -0.384. The van der Waals surface area contributed by atoms with Gasteiger partial charge in [0.25, 0.3) is 11.6 Å². The van der Waals surface area contributed by atoms with Crippen LogP contribution in [0.15, 0.2) is 46.9 Å². The zero-order chi connectivity index (χ0) is 17.7. The average Bonchev–Trinajstić information content (AvgIpc) is 2.54. The van der Waals surface area contributed by atoms with Gasteiger partial charge in [-0.3, -0.25) is 14.9 Å². The number of ether oxygens (including phenoxy) is 1. The van der Waals surface area contributed by atoms with E-state index < -0.39 is 23.4 Å². The molecule has 0 radical (unpaired) electrons. The Hall–Kier alpha value is -2.94. The van der Waals surface area contributed by atoms with Gasteiger partial charge in [-0.05, 0) is 24.3 Å². The Morgan fingerprint density at radius 1 is 1.25 bits per heavy atom. The Bertz CT molecular complexity index is 808. The fraction of sp³-hybridized carbons (Fsp3) is 0.0667. The molecule has 0 atom stereocenters. The Labute approximate surface area is 144 Å². The molecule has 124 valence electrons. The van der Waals surface area contributed by atoms with E-state index in [1.54, 1.807) is 6.07 Å². The molecule has 2 aromatic carbocycles. The number of aromatic carboxylic acids is 1. The minimum atomic E-state index is -1.19. The topological polar surface area (TPSA) is 119 Å². The van der Waals surface area contributed by atoms with Crippen molar-refractivity contribution in [3.05, 3.63) is 62.6 Å². The lowest BCUT2D eigenvalue weighted by Crippen LogP contribution is -2.21. The van der Waals surface area contributed by atoms with Crippen LogP contribution in [-0.2, 0) is 4.79 Å². The zero-order valence-corrected chi connectivity index (χ0v) is 13.6. The Morgan fingerprint density at radius 2 is 2.00 bits per heavy atom. The minimum absolute atomic E-state index is 0.0759. The van der Waals surface area contributed by atoms with Gasteiger partial charge in [-0.2, -0.15) is 0 Å². The molecular weight excluding hydrogens is 384 g/mol. The number of carbonyl (C=O) groups excluding carboxylic acids is 1. The molecule has 2 rings (SSSR count). The highest BCUT2D eigenvalue weighted by Gasteiger charge is 2.14. The Balaban J connectivity index is 2.03. The first-order valence-corrected chi connectivity index (χ1v) is 7.36. The van der Waals surface area contributed by atoms with Crippen molar-refractivity contribution in [2.24, 2.45) is 0 Å². The van der Waals surface area contributed by atoms with Gasteiger partial charge >= 0.3 is 5.97 Å². The summed E-state index contributed by atoms with van der Waals surface area (Å²) < 4.78 is 5.74. The Kier molecular flexibility index (Phi) is 5.48. The smallest absolute Gasteiger partial charge is 0.337 e. The number of amides is 1. The highest BCUT2D eigenvalue weighted by atomic mass is 79.9. The molecule has 0 unspecified atom stereocenters. The second-order valence-corrected chi connectivity index (χ2v) is 5.50. The first kappa shape index (κ1) is 17.4. The van der Waals surface area contributed by atoms with Crippen molar-refractivity contribution in [2.45, 2.75) is 0 Å². The number of halogens is 1. The first-order chi connectivity index (χ1) is 11.4. The summed E-state index contributed by atoms with van der Waals surface area (Å²) in [5.74, 6) is -1.62. The molecule has 0 aliphatic carbocycles. The number of non-ortho nitro benzene ring substituents is 1. The van der Waals surface area contributed by atoms with Crippen LogP contribution in [0.5, 0.6) is 5.75 Å². The van der Waals surface area contributed by atoms with E-state index in [9.17, 15) is 19.7 Å². The SMILES string of the molecule is O=C(COc1cccc([N+](=O)[O-])c1)Nc1ccc(Br)cc1C(=O)O. The number of nitrogens with one attached hydrogen (secondary N) is 1. The lowest BCUT2D eigenvalue weighted by atomic mass is 10.2. The van der Waals surface area contributed by atoms with Gasteiger partial charge in [0.15, 0.2) is 6.61 Å². The number of nitrogens with zero attached hydrogens (tertiary/aromatic N) is 1. The maximum Gasteiger partial charge on any atom is 0.337 e. The summed E-state index contributed by atoms with van der Waals surface area (Å²) >= 11 is 3.15. The first-order valence-electron chi connectivity index (χ1n) is 6.57. The second-order valence-electron chi connectivity index (χ2n) is 4.59. The predicted molar refractivity (Wildman–Crippen MR) is 88.3 cm³/mol. The highest BCUT2D eigenvalue weighted by molar-refractivity contribution is 9.10. The van der Waals surface area contributed by atoms with Gasteiger partial charge < -0.3 is 15.2 Å². The van der Waals surface area contributed by atoms with E-state index >= 15 is 0 Å². The zero-order valence-electron chi connectivity index (χ0n) is 12.1. The van der Waals surface area contributed by atoms with Crippen LogP contribution in [0.4, 0.5) is 11.4 Å². The molecule has 0 aromatic heterocycles. The van der Waals surface area contributed by atoms with Gasteiger partial charge in [-0.25, -0.2) is 4.79 Å². The largest absolute Gasteiger partial charge is 0.484 e. The number of anilines is 1. The van der Waals surface area contributed by atoms with Crippen molar-refractivity contribution in [1.82, 2.24) is 0 Å². The molecule has 1 amide bonds. The van der Waals surface area contributed by atoms with Crippen LogP contribution in [0.25, 0.3) is 0 Å². The van der Waals surface area contributed by atoms with Crippen molar-refractivity contribution in [3.8, 4) is 5.75 Å². The number of nitro benzene ring substituents is 1. The third-order valence-electron chi connectivity index (χ3n) is 2.88. The summed E-state index contributed by atoms with van der Waals surface area (Å²) in [7, 11) is 0. The van der Waals surface area contributed by atoms with Crippen molar-refractivity contribution in [2.75, 3.05) is 11.9 Å². The van der Waals surface area contributed by atoms with E-state index in [-0.39, 0.29) is 22.7 Å². The van der Waals surface area contributed by atoms with Crippen molar-refractivity contribution in [3.63, 3.8) is 0 Å². The van der Waals surface area contributed by atoms with E-state index in [0.29, 0.717) is 4.47 Å². The van der Waals surface area contributed by atoms with Crippen molar-refractivity contribution in [1.29, 1.82) is 0 Å². The predicted octanol–water partition coefficient (Wildman–Crippen LogP) is 3.07. The molecule has 0 fully saturated rings. The number of hydrogen-bond donors (Lipinski definition) is 2. The monoisotopic (exact) mass is 394 g/mol. The molecule has 0 heterocycles. The molecule has 8 nitrogen and oxygen atoms in total. The molecule has 0 saturated carbocycles. The summed E-state index contributed by atoms with van der Waals surface area (Å²) in [5.41, 5.74) is -0.111. The molecule has 0 bridgehead atoms. The number of carbonyl (C=O) groups is 2. The van der Waals surface area contributed by atoms with Crippen LogP contribution >= 0.6 is 15.9 Å². The van der Waals surface area contributed by atoms with Gasteiger partial charge in [-0.15, -0.1) is 0 Å². The Morgan fingerprint density at radius 3 is 2.67 bits per heavy atom. The van der Waals surface area contributed by atoms with Gasteiger partial charge in [0.2, 0.25) is 0 Å². The molecule has 0 aliphatic heterocycles. The van der Waals surface area contributed by atoms with Crippen molar-refractivity contribution < 1.29 is 24.4 Å². The molecular formula is C15H11BrN2O6. The molecule has 24 heavy (non-hydrogen) atoms. The molecule has 2 aromatic rings. The highest BCUT2D eigenvalue weighted by Crippen LogP contribution is 2.22. The van der Waals surface area contributed by atoms with E-state index in [2.05, 4.69) is 21.2 Å². The maximum absolute atomic E-state index is 11.9. The third-order valence-corrected chi connectivity index (χ3v) is 3.38. The van der Waals surface area contributed by atoms with Crippen LogP contribution in [0.2, 0.25) is 0 Å². The molecule has 0 saturated heterocycles. The van der Waals surface area contributed by atoms with Crippen LogP contribution in [0, 0.1) is 10.1 Å². The normalized spacial score (nSPS) is 10.0. The van der Waals surface area contributed by atoms with Crippen LogP contribution in [-0.4, -0.2) is 28.5 Å². The number of rotatable bonds is 6. The molecule has 9 heteroatoms. The fourth-order valence-electron chi connectivity index (χ4n) is 1.82. The number of nitro groups is 1. The molecule has 0 spiro atoms. The quantitative estimate of drug-likeness (QED) is 0.573. The fourth-order valence-corrected chi connectivity index (χ4v) is 2.19. The van der Waals surface area contributed by atoms with Gasteiger partial charge in [0, 0.05) is 10.5 Å². The number of benzene rings is 2. The van der Waals surface area contributed by atoms with E-state index in [4.69, 9.17) is 9.84 Å². The van der Waals surface area contributed by atoms with E-state index in [0.717, 1.165) is 0 Å². The standard InChI is InChI=1S/C15H11BrN2O6/c16-9-4-5-13(12(6-9)15(20)21)17-14(19)8-24-11-3-1-2-10(7-11)18(22)23/h1-7H,8H2,(H,17,19)(H,20,21). The number of hydrogen-bond acceptors (Lipinski definition) is 5. The van der Waals surface area contributed by atoms with Gasteiger partial charge in [0.05, 0.1) is 22.2 Å². The van der Waals surface area contributed by atoms with Gasteiger partial charge in [0.1, 0.15) is 5.75 Å². The van der Waals surface area contributed by atoms with Crippen LogP contribution in [0.1, 0.15) is 10.4 Å². The summed E-state index contributed by atoms with van der Waals surface area (Å²) in [4.78, 5) is 33.2. The molecule has 0 aliphatic rings. The summed E-state index contributed by atoms with van der Waals surface area (Å²) in [6, 6.07) is 9.79. The van der Waals surface area contributed by atoms with Crippen LogP contribution < -0.4 is 10.1 Å².